The quantitative estimate of drug-likeness (QED) is 0.596. The van der Waals surface area contributed by atoms with E-state index in [2.05, 4.69) is 87.2 Å². The number of hydrogen-bond donors (Lipinski definition) is 2. The van der Waals surface area contributed by atoms with E-state index >= 15 is 0 Å². The summed E-state index contributed by atoms with van der Waals surface area (Å²) in [4.78, 5) is 19.3. The first-order chi connectivity index (χ1) is 13.5. The van der Waals surface area contributed by atoms with E-state index in [0.29, 0.717) is 13.0 Å². The van der Waals surface area contributed by atoms with Crippen LogP contribution < -0.4 is 16.0 Å². The molecule has 0 fully saturated rings. The lowest BCUT2D eigenvalue weighted by Gasteiger charge is -2.26. The van der Waals surface area contributed by atoms with Crippen LogP contribution in [0.25, 0.3) is 0 Å². The number of nitrogens with zero attached hydrogens (tertiary/aromatic N) is 1. The smallest absolute Gasteiger partial charge is 0.292 e. The van der Waals surface area contributed by atoms with Gasteiger partial charge in [-0.25, -0.2) is 0 Å². The number of benzene rings is 2. The molecule has 2 aromatic rings. The highest BCUT2D eigenvalue weighted by Crippen LogP contribution is 2.23. The van der Waals surface area contributed by atoms with Gasteiger partial charge in [-0.05, 0) is 49.7 Å². The number of anilines is 2. The highest BCUT2D eigenvalue weighted by Gasteiger charge is 2.08. The number of methoxy groups -OCH3 is 1. The van der Waals surface area contributed by atoms with Gasteiger partial charge in [0.1, 0.15) is 6.79 Å². The molecule has 0 amide bonds. The Balaban J connectivity index is 0.00000108. The van der Waals surface area contributed by atoms with E-state index < -0.39 is 0 Å². The van der Waals surface area contributed by atoms with Crippen LogP contribution >= 0.6 is 15.9 Å². The predicted molar refractivity (Wildman–Crippen MR) is 120 cm³/mol. The third-order valence-corrected chi connectivity index (χ3v) is 4.25. The predicted octanol–water partition coefficient (Wildman–Crippen LogP) is 3.55. The monoisotopic (exact) mass is 451 g/mol. The minimum absolute atomic E-state index is 0.375. The minimum Gasteiger partial charge on any atom is -0.471 e. The van der Waals surface area contributed by atoms with E-state index in [4.69, 9.17) is 15.3 Å². The van der Waals surface area contributed by atoms with Crippen LogP contribution in [0.2, 0.25) is 0 Å². The second-order valence-corrected chi connectivity index (χ2v) is 6.75. The van der Waals surface area contributed by atoms with Crippen molar-refractivity contribution in [1.29, 1.82) is 0 Å². The number of carbonyl (C=O) groups is 2. The molecule has 28 heavy (non-hydrogen) atoms. The van der Waals surface area contributed by atoms with Gasteiger partial charge in [0.05, 0.1) is 7.11 Å². The van der Waals surface area contributed by atoms with Crippen LogP contribution in [0.15, 0.2) is 46.9 Å². The number of aryl methyl sites for hydroxylation is 2. The number of nitrogens with one attached hydrogen (secondary N) is 1. The summed E-state index contributed by atoms with van der Waals surface area (Å²) in [6.07, 6.45) is 0. The Morgan fingerprint density at radius 2 is 1.75 bits per heavy atom. The van der Waals surface area contributed by atoms with E-state index in [1.807, 2.05) is 6.79 Å². The van der Waals surface area contributed by atoms with Crippen molar-refractivity contribution in [3.63, 3.8) is 0 Å². The summed E-state index contributed by atoms with van der Waals surface area (Å²) in [5.74, 6) is 0. The zero-order valence-electron chi connectivity index (χ0n) is 16.8. The summed E-state index contributed by atoms with van der Waals surface area (Å²) in [5.41, 5.74) is 10.7. The number of hydrogen-bond acceptors (Lipinski definition) is 6. The lowest BCUT2D eigenvalue weighted by atomic mass is 10.2. The average Bonchev–Trinajstić information content (AvgIpc) is 2.71. The van der Waals surface area contributed by atoms with Gasteiger partial charge in [-0.2, -0.15) is 0 Å². The number of halogens is 1. The van der Waals surface area contributed by atoms with Crippen molar-refractivity contribution in [3.8, 4) is 0 Å². The van der Waals surface area contributed by atoms with Crippen molar-refractivity contribution in [3.05, 3.63) is 58.1 Å². The fourth-order valence-electron chi connectivity index (χ4n) is 2.49. The SMILES string of the molecule is C=O.COC=O.Cc1ccc(NCCN(CCN)c2ccc(Br)cc2C)cc1. The molecule has 0 radical (unpaired) electrons. The van der Waals surface area contributed by atoms with Crippen LogP contribution in [-0.2, 0) is 14.3 Å². The Morgan fingerprint density at radius 3 is 2.25 bits per heavy atom. The fourth-order valence-corrected chi connectivity index (χ4v) is 2.96. The standard InChI is InChI=1S/C18H24BrN3.C2H4O2.CH2O/c1-14-3-6-17(7-4-14)21-10-12-22(11-9-20)18-8-5-16(19)13-15(18)2;1-4-2-3;1-2/h3-8,13,21H,9-12,20H2,1-2H3;2H,1H3;1H2. The van der Waals surface area contributed by atoms with Crippen LogP contribution in [0.3, 0.4) is 0 Å². The van der Waals surface area contributed by atoms with E-state index in [9.17, 15) is 0 Å². The van der Waals surface area contributed by atoms with Crippen molar-refractivity contribution >= 4 is 40.6 Å². The fraction of sp³-hybridized carbons (Fsp3) is 0.333. The Bertz CT molecular complexity index is 681. The molecule has 6 nitrogen and oxygen atoms in total. The van der Waals surface area contributed by atoms with Crippen LogP contribution in [-0.4, -0.2) is 46.6 Å². The first kappa shape index (κ1) is 25.6. The van der Waals surface area contributed by atoms with Crippen molar-refractivity contribution in [2.24, 2.45) is 5.73 Å². The second-order valence-electron chi connectivity index (χ2n) is 5.83. The molecule has 0 aliphatic carbocycles. The lowest BCUT2D eigenvalue weighted by Crippen LogP contribution is -2.34. The Morgan fingerprint density at radius 1 is 1.14 bits per heavy atom. The maximum atomic E-state index is 8.95. The van der Waals surface area contributed by atoms with Gasteiger partial charge in [0.2, 0.25) is 0 Å². The zero-order valence-corrected chi connectivity index (χ0v) is 18.4. The van der Waals surface area contributed by atoms with Crippen LogP contribution in [0.5, 0.6) is 0 Å². The van der Waals surface area contributed by atoms with Crippen molar-refractivity contribution in [1.82, 2.24) is 0 Å². The molecule has 154 valence electrons. The molecule has 0 bridgehead atoms. The summed E-state index contributed by atoms with van der Waals surface area (Å²) in [6, 6.07) is 14.9. The molecule has 3 N–H and O–H groups in total. The molecule has 0 aliphatic heterocycles. The number of nitrogens with two attached hydrogens (primary N) is 1. The number of carbonyl (C=O) groups excluding carboxylic acids is 2. The summed E-state index contributed by atoms with van der Waals surface area (Å²) in [6.45, 7) is 9.93. The van der Waals surface area contributed by atoms with E-state index in [-0.39, 0.29) is 0 Å². The van der Waals surface area contributed by atoms with E-state index in [1.165, 1.54) is 23.9 Å². The molecule has 2 rings (SSSR count). The highest BCUT2D eigenvalue weighted by atomic mass is 79.9. The first-order valence-electron chi connectivity index (χ1n) is 8.78. The molecule has 0 aliphatic rings. The Labute approximate surface area is 176 Å². The summed E-state index contributed by atoms with van der Waals surface area (Å²) < 4.78 is 4.97. The highest BCUT2D eigenvalue weighted by molar-refractivity contribution is 9.10. The van der Waals surface area contributed by atoms with Gasteiger partial charge in [-0.1, -0.05) is 33.6 Å². The van der Waals surface area contributed by atoms with Gasteiger partial charge in [0.15, 0.2) is 0 Å². The van der Waals surface area contributed by atoms with Crippen LogP contribution in [0, 0.1) is 13.8 Å². The third kappa shape index (κ3) is 10.1. The van der Waals surface area contributed by atoms with Crippen LogP contribution in [0.4, 0.5) is 11.4 Å². The van der Waals surface area contributed by atoms with Crippen molar-refractivity contribution in [2.75, 3.05) is 43.5 Å². The van der Waals surface area contributed by atoms with Crippen molar-refractivity contribution in [2.45, 2.75) is 13.8 Å². The molecule has 0 heterocycles. The maximum absolute atomic E-state index is 8.95. The molecule has 7 heteroatoms. The molecule has 0 spiro atoms. The summed E-state index contributed by atoms with van der Waals surface area (Å²) >= 11 is 3.52. The topological polar surface area (TPSA) is 84.7 Å². The zero-order chi connectivity index (χ0) is 21.4. The maximum Gasteiger partial charge on any atom is 0.292 e. The Hall–Kier alpha value is -2.38. The van der Waals surface area contributed by atoms with Gasteiger partial charge in [0, 0.05) is 42.0 Å². The molecular weight excluding hydrogens is 422 g/mol. The average molecular weight is 452 g/mol. The van der Waals surface area contributed by atoms with Gasteiger partial charge in [0.25, 0.3) is 6.47 Å². The molecule has 0 saturated heterocycles. The van der Waals surface area contributed by atoms with Gasteiger partial charge >= 0.3 is 0 Å². The molecular formula is C21H30BrN3O3. The Kier molecular flexibility index (Phi) is 14.3. The molecule has 0 aromatic heterocycles. The molecule has 0 saturated carbocycles. The summed E-state index contributed by atoms with van der Waals surface area (Å²) in [7, 11) is 1.31. The first-order valence-corrected chi connectivity index (χ1v) is 9.58. The number of ether oxygens (including phenoxy) is 1. The second kappa shape index (κ2) is 15.7. The van der Waals surface area contributed by atoms with Crippen molar-refractivity contribution < 1.29 is 14.3 Å². The van der Waals surface area contributed by atoms with Crippen LogP contribution in [0.1, 0.15) is 11.1 Å². The largest absolute Gasteiger partial charge is 0.471 e. The normalized spacial score (nSPS) is 9.18. The van der Waals surface area contributed by atoms with Gasteiger partial charge < -0.3 is 25.5 Å². The van der Waals surface area contributed by atoms with Gasteiger partial charge in [-0.3, -0.25) is 4.79 Å². The lowest BCUT2D eigenvalue weighted by molar-refractivity contribution is -0.126. The molecule has 0 atom stereocenters. The van der Waals surface area contributed by atoms with E-state index in [1.54, 1.807) is 0 Å². The minimum atomic E-state index is 0.375. The number of rotatable bonds is 8. The molecule has 2 aromatic carbocycles. The summed E-state index contributed by atoms with van der Waals surface area (Å²) in [5, 5.41) is 3.47. The van der Waals surface area contributed by atoms with Gasteiger partial charge in [-0.15, -0.1) is 0 Å². The molecule has 0 unspecified atom stereocenters. The third-order valence-electron chi connectivity index (χ3n) is 3.76. The van der Waals surface area contributed by atoms with E-state index in [0.717, 1.165) is 29.8 Å².